The first-order valence-electron chi connectivity index (χ1n) is 9.68. The van der Waals surface area contributed by atoms with Gasteiger partial charge in [-0.15, -0.1) is 0 Å². The number of hydrogen-bond acceptors (Lipinski definition) is 3. The topological polar surface area (TPSA) is 42.9 Å². The van der Waals surface area contributed by atoms with Crippen LogP contribution in [0.25, 0.3) is 0 Å². The van der Waals surface area contributed by atoms with Gasteiger partial charge in [-0.25, -0.2) is 0 Å². The molecule has 3 atom stereocenters. The molecule has 3 rings (SSSR count). The Hall–Kier alpha value is -0.810. The fourth-order valence-corrected chi connectivity index (χ4v) is 4.39. The Morgan fingerprint density at radius 1 is 1.22 bits per heavy atom. The van der Waals surface area contributed by atoms with Gasteiger partial charge in [-0.2, -0.15) is 0 Å². The monoisotopic (exact) mass is 321 g/mol. The van der Waals surface area contributed by atoms with Crippen molar-refractivity contribution in [1.29, 1.82) is 0 Å². The van der Waals surface area contributed by atoms with Crippen molar-refractivity contribution in [3.8, 4) is 0 Å². The molecule has 3 fully saturated rings. The summed E-state index contributed by atoms with van der Waals surface area (Å²) >= 11 is 0. The van der Waals surface area contributed by atoms with E-state index >= 15 is 0 Å². The van der Waals surface area contributed by atoms with Crippen molar-refractivity contribution in [2.24, 2.45) is 4.99 Å². The molecule has 2 heterocycles. The summed E-state index contributed by atoms with van der Waals surface area (Å²) in [6, 6.07) is 2.79. The molecule has 2 aliphatic heterocycles. The zero-order valence-corrected chi connectivity index (χ0v) is 15.2. The highest BCUT2D eigenvalue weighted by Gasteiger charge is 2.38. The van der Waals surface area contributed by atoms with Crippen LogP contribution in [0.2, 0.25) is 0 Å². The van der Waals surface area contributed by atoms with Crippen LogP contribution in [0, 0.1) is 0 Å². The number of likely N-dealkylation sites (N-methyl/N-ethyl adjacent to an activating group) is 1. The van der Waals surface area contributed by atoms with Gasteiger partial charge in [0.05, 0.1) is 0 Å². The molecule has 1 aliphatic carbocycles. The van der Waals surface area contributed by atoms with Gasteiger partial charge in [0, 0.05) is 44.3 Å². The lowest BCUT2D eigenvalue weighted by Crippen LogP contribution is -2.51. The van der Waals surface area contributed by atoms with Gasteiger partial charge in [0.25, 0.3) is 0 Å². The summed E-state index contributed by atoms with van der Waals surface area (Å²) in [5.74, 6) is 0.987. The van der Waals surface area contributed by atoms with E-state index in [0.29, 0.717) is 18.1 Å². The normalized spacial score (nSPS) is 33.9. The van der Waals surface area contributed by atoms with Gasteiger partial charge in [-0.05, 0) is 52.1 Å². The average molecular weight is 322 g/mol. The summed E-state index contributed by atoms with van der Waals surface area (Å²) in [5, 5.41) is 7.24. The van der Waals surface area contributed by atoms with E-state index in [1.54, 1.807) is 0 Å². The van der Waals surface area contributed by atoms with Crippen molar-refractivity contribution >= 4 is 5.96 Å². The average Bonchev–Trinajstić information content (AvgIpc) is 3.35. The highest BCUT2D eigenvalue weighted by molar-refractivity contribution is 5.80. The molecule has 2 saturated heterocycles. The predicted octanol–water partition coefficient (Wildman–Crippen LogP) is 1.65. The van der Waals surface area contributed by atoms with E-state index < -0.39 is 0 Å². The molecular formula is C18H35N5. The third-order valence-electron chi connectivity index (χ3n) is 5.86. The molecule has 1 saturated carbocycles. The first kappa shape index (κ1) is 17.0. The van der Waals surface area contributed by atoms with E-state index in [-0.39, 0.29) is 0 Å². The van der Waals surface area contributed by atoms with Crippen molar-refractivity contribution in [2.75, 3.05) is 33.2 Å². The molecule has 5 nitrogen and oxygen atoms in total. The van der Waals surface area contributed by atoms with Crippen molar-refractivity contribution in [3.63, 3.8) is 0 Å². The summed E-state index contributed by atoms with van der Waals surface area (Å²) in [5.41, 5.74) is 0. The molecule has 0 bridgehead atoms. The van der Waals surface area contributed by atoms with Crippen LogP contribution in [0.15, 0.2) is 4.99 Å². The van der Waals surface area contributed by atoms with Crippen LogP contribution in [0.4, 0.5) is 0 Å². The smallest absolute Gasteiger partial charge is 0.191 e. The van der Waals surface area contributed by atoms with Crippen LogP contribution in [0.5, 0.6) is 0 Å². The lowest BCUT2D eigenvalue weighted by molar-refractivity contribution is 0.157. The van der Waals surface area contributed by atoms with E-state index in [2.05, 4.69) is 39.3 Å². The number of aliphatic imine (C=N–C) groups is 1. The number of nitrogens with zero attached hydrogens (tertiary/aromatic N) is 3. The fraction of sp³-hybridized carbons (Fsp3) is 0.944. The molecule has 0 radical (unpaired) electrons. The molecule has 23 heavy (non-hydrogen) atoms. The Balaban J connectivity index is 1.45. The van der Waals surface area contributed by atoms with Gasteiger partial charge in [0.2, 0.25) is 0 Å². The zero-order chi connectivity index (χ0) is 16.2. The van der Waals surface area contributed by atoms with Gasteiger partial charge < -0.3 is 10.6 Å². The van der Waals surface area contributed by atoms with Crippen LogP contribution in [0.3, 0.4) is 0 Å². The summed E-state index contributed by atoms with van der Waals surface area (Å²) in [7, 11) is 1.89. The summed E-state index contributed by atoms with van der Waals surface area (Å²) < 4.78 is 0. The van der Waals surface area contributed by atoms with Gasteiger partial charge >= 0.3 is 0 Å². The Morgan fingerprint density at radius 2 is 2.04 bits per heavy atom. The maximum absolute atomic E-state index is 4.45. The van der Waals surface area contributed by atoms with Crippen LogP contribution in [0.1, 0.15) is 52.4 Å². The van der Waals surface area contributed by atoms with E-state index in [0.717, 1.165) is 25.1 Å². The first-order chi connectivity index (χ1) is 11.2. The molecule has 0 amide bonds. The number of guanidine groups is 1. The lowest BCUT2D eigenvalue weighted by Gasteiger charge is -2.35. The maximum Gasteiger partial charge on any atom is 0.191 e. The Bertz CT molecular complexity index is 406. The highest BCUT2D eigenvalue weighted by atomic mass is 15.3. The third kappa shape index (κ3) is 4.38. The molecule has 3 aliphatic rings. The molecule has 132 valence electrons. The van der Waals surface area contributed by atoms with Crippen LogP contribution < -0.4 is 10.6 Å². The summed E-state index contributed by atoms with van der Waals surface area (Å²) in [6.45, 7) is 9.26. The van der Waals surface area contributed by atoms with Crippen molar-refractivity contribution < 1.29 is 0 Å². The van der Waals surface area contributed by atoms with Crippen LogP contribution in [-0.4, -0.2) is 73.2 Å². The van der Waals surface area contributed by atoms with E-state index in [4.69, 9.17) is 0 Å². The number of piperidine rings is 1. The van der Waals surface area contributed by atoms with Gasteiger partial charge in [0.1, 0.15) is 0 Å². The second-order valence-corrected chi connectivity index (χ2v) is 7.59. The van der Waals surface area contributed by atoms with Gasteiger partial charge in [0.15, 0.2) is 5.96 Å². The minimum Gasteiger partial charge on any atom is -0.355 e. The van der Waals surface area contributed by atoms with Crippen molar-refractivity contribution in [2.45, 2.75) is 76.5 Å². The van der Waals surface area contributed by atoms with E-state index in [9.17, 15) is 0 Å². The summed E-state index contributed by atoms with van der Waals surface area (Å²) in [4.78, 5) is 9.75. The SMILES string of the molecule is CCN1CCCCC1CNC(=NC)NC1CC(C)N(C2CC2)C1. The molecule has 0 spiro atoms. The second kappa shape index (κ2) is 7.84. The van der Waals surface area contributed by atoms with E-state index in [1.807, 2.05) is 7.05 Å². The van der Waals surface area contributed by atoms with Crippen molar-refractivity contribution in [1.82, 2.24) is 20.4 Å². The van der Waals surface area contributed by atoms with Crippen LogP contribution >= 0.6 is 0 Å². The molecule has 0 aromatic heterocycles. The number of nitrogens with one attached hydrogen (secondary N) is 2. The fourth-order valence-electron chi connectivity index (χ4n) is 4.39. The molecule has 0 aromatic carbocycles. The van der Waals surface area contributed by atoms with Crippen molar-refractivity contribution in [3.05, 3.63) is 0 Å². The second-order valence-electron chi connectivity index (χ2n) is 7.59. The lowest BCUT2D eigenvalue weighted by atomic mass is 10.0. The van der Waals surface area contributed by atoms with Gasteiger partial charge in [-0.1, -0.05) is 13.3 Å². The quantitative estimate of drug-likeness (QED) is 0.597. The van der Waals surface area contributed by atoms with Gasteiger partial charge in [-0.3, -0.25) is 14.8 Å². The number of likely N-dealkylation sites (tertiary alicyclic amines) is 2. The van der Waals surface area contributed by atoms with E-state index in [1.165, 1.54) is 51.6 Å². The molecule has 2 N–H and O–H groups in total. The Kier molecular flexibility index (Phi) is 5.81. The molecular weight excluding hydrogens is 286 g/mol. The summed E-state index contributed by atoms with van der Waals surface area (Å²) in [6.07, 6.45) is 8.08. The minimum absolute atomic E-state index is 0.547. The van der Waals surface area contributed by atoms with Crippen LogP contribution in [-0.2, 0) is 0 Å². The molecule has 3 unspecified atom stereocenters. The Labute approximate surface area is 141 Å². The zero-order valence-electron chi connectivity index (χ0n) is 15.2. The highest BCUT2D eigenvalue weighted by Crippen LogP contribution is 2.33. The first-order valence-corrected chi connectivity index (χ1v) is 9.68. The molecule has 5 heteroatoms. The minimum atomic E-state index is 0.547. The number of hydrogen-bond donors (Lipinski definition) is 2. The third-order valence-corrected chi connectivity index (χ3v) is 5.86. The Morgan fingerprint density at radius 3 is 2.74 bits per heavy atom. The molecule has 0 aromatic rings. The largest absolute Gasteiger partial charge is 0.355 e. The maximum atomic E-state index is 4.45. The predicted molar refractivity (Wildman–Crippen MR) is 97.0 cm³/mol. The standard InChI is InChI=1S/C18H35N5/c1-4-22-10-6-5-7-17(22)12-20-18(19-3)21-15-11-14(2)23(13-15)16-8-9-16/h14-17H,4-13H2,1-3H3,(H2,19,20,21). The number of rotatable bonds is 5.